The zero-order valence-corrected chi connectivity index (χ0v) is 9.16. The summed E-state index contributed by atoms with van der Waals surface area (Å²) in [5, 5.41) is 1.30. The zero-order valence-electron chi connectivity index (χ0n) is 6.77. The second-order valence-electron chi connectivity index (χ2n) is 2.72. The Morgan fingerprint density at radius 1 is 1.29 bits per heavy atom. The van der Waals surface area contributed by atoms with Crippen LogP contribution in [0.4, 0.5) is 0 Å². The number of fused-ring (bicyclic) bond motifs is 1. The molecule has 0 aliphatic carbocycles. The molecular weight excluding hydrogens is 244 g/mol. The SMILES string of the molecule is O=S(=O)(O)c1cc2ccc(Cl)cc2s1. The molecule has 74 valence electrons. The molecule has 6 heteroatoms. The molecule has 0 saturated heterocycles. The van der Waals surface area contributed by atoms with Gasteiger partial charge in [0.15, 0.2) is 0 Å². The minimum absolute atomic E-state index is 0.0604. The van der Waals surface area contributed by atoms with E-state index in [-0.39, 0.29) is 4.21 Å². The average Bonchev–Trinajstić information content (AvgIpc) is 2.45. The number of hydrogen-bond donors (Lipinski definition) is 1. The van der Waals surface area contributed by atoms with Gasteiger partial charge in [-0.2, -0.15) is 8.42 Å². The van der Waals surface area contributed by atoms with Gasteiger partial charge in [0, 0.05) is 9.72 Å². The standard InChI is InChI=1S/C8H5ClO3S2/c9-6-2-1-5-3-8(14(10,11)12)13-7(5)4-6/h1-4H,(H,10,11,12). The van der Waals surface area contributed by atoms with Gasteiger partial charge >= 0.3 is 10.1 Å². The quantitative estimate of drug-likeness (QED) is 0.790. The summed E-state index contributed by atoms with van der Waals surface area (Å²) in [5.41, 5.74) is 0. The van der Waals surface area contributed by atoms with Crippen molar-refractivity contribution in [1.82, 2.24) is 0 Å². The topological polar surface area (TPSA) is 54.4 Å². The molecule has 1 aromatic carbocycles. The van der Waals surface area contributed by atoms with E-state index < -0.39 is 10.1 Å². The third-order valence-electron chi connectivity index (χ3n) is 1.71. The smallest absolute Gasteiger partial charge is 0.281 e. The maximum absolute atomic E-state index is 10.8. The van der Waals surface area contributed by atoms with E-state index in [1.165, 1.54) is 6.07 Å². The summed E-state index contributed by atoms with van der Waals surface area (Å²) in [7, 11) is -4.10. The first-order valence-corrected chi connectivity index (χ1v) is 6.27. The summed E-state index contributed by atoms with van der Waals surface area (Å²) in [6, 6.07) is 6.47. The lowest BCUT2D eigenvalue weighted by Gasteiger charge is -1.87. The number of halogens is 1. The van der Waals surface area contributed by atoms with Crippen LogP contribution >= 0.6 is 22.9 Å². The van der Waals surface area contributed by atoms with Gasteiger partial charge in [-0.15, -0.1) is 11.3 Å². The molecule has 0 amide bonds. The van der Waals surface area contributed by atoms with E-state index >= 15 is 0 Å². The van der Waals surface area contributed by atoms with Crippen LogP contribution in [0.3, 0.4) is 0 Å². The fraction of sp³-hybridized carbons (Fsp3) is 0. The fourth-order valence-corrected chi connectivity index (χ4v) is 3.14. The van der Waals surface area contributed by atoms with Gasteiger partial charge in [0.25, 0.3) is 0 Å². The van der Waals surface area contributed by atoms with Crippen LogP contribution in [0.2, 0.25) is 5.02 Å². The second-order valence-corrected chi connectivity index (χ2v) is 5.89. The van der Waals surface area contributed by atoms with Crippen molar-refractivity contribution in [2.75, 3.05) is 0 Å². The third kappa shape index (κ3) is 1.76. The highest BCUT2D eigenvalue weighted by atomic mass is 35.5. The van der Waals surface area contributed by atoms with Gasteiger partial charge in [-0.1, -0.05) is 17.7 Å². The Kier molecular flexibility index (Phi) is 2.27. The first kappa shape index (κ1) is 9.92. The van der Waals surface area contributed by atoms with Crippen molar-refractivity contribution in [3.8, 4) is 0 Å². The molecule has 14 heavy (non-hydrogen) atoms. The zero-order chi connectivity index (χ0) is 10.3. The molecule has 0 spiro atoms. The summed E-state index contributed by atoms with van der Waals surface area (Å²) >= 11 is 6.73. The Morgan fingerprint density at radius 3 is 2.64 bits per heavy atom. The van der Waals surface area contributed by atoms with E-state index in [0.717, 1.165) is 21.4 Å². The van der Waals surface area contributed by atoms with Crippen molar-refractivity contribution in [2.24, 2.45) is 0 Å². The molecular formula is C8H5ClO3S2. The molecule has 0 aliphatic rings. The Morgan fingerprint density at radius 2 is 2.00 bits per heavy atom. The summed E-state index contributed by atoms with van der Waals surface area (Å²) in [6.07, 6.45) is 0. The molecule has 1 heterocycles. The number of thiophene rings is 1. The van der Waals surface area contributed by atoms with Gasteiger partial charge in [0.05, 0.1) is 0 Å². The van der Waals surface area contributed by atoms with E-state index in [4.69, 9.17) is 16.2 Å². The van der Waals surface area contributed by atoms with Crippen molar-refractivity contribution in [3.63, 3.8) is 0 Å². The third-order valence-corrected chi connectivity index (χ3v) is 4.35. The molecule has 1 N–H and O–H groups in total. The first-order valence-electron chi connectivity index (χ1n) is 3.63. The monoisotopic (exact) mass is 248 g/mol. The molecule has 2 aromatic rings. The minimum Gasteiger partial charge on any atom is -0.281 e. The largest absolute Gasteiger partial charge is 0.304 e. The summed E-state index contributed by atoms with van der Waals surface area (Å²) in [5.74, 6) is 0. The maximum Gasteiger partial charge on any atom is 0.304 e. The van der Waals surface area contributed by atoms with Crippen LogP contribution in [-0.4, -0.2) is 13.0 Å². The van der Waals surface area contributed by atoms with Crippen molar-refractivity contribution in [1.29, 1.82) is 0 Å². The number of rotatable bonds is 1. The highest BCUT2D eigenvalue weighted by Crippen LogP contribution is 2.30. The van der Waals surface area contributed by atoms with Crippen LogP contribution in [-0.2, 0) is 10.1 Å². The van der Waals surface area contributed by atoms with Crippen LogP contribution in [0.15, 0.2) is 28.5 Å². The van der Waals surface area contributed by atoms with Crippen LogP contribution in [0.5, 0.6) is 0 Å². The number of benzene rings is 1. The van der Waals surface area contributed by atoms with Crippen molar-refractivity contribution in [2.45, 2.75) is 4.21 Å². The molecule has 0 bridgehead atoms. The average molecular weight is 249 g/mol. The van der Waals surface area contributed by atoms with Crippen LogP contribution in [0.1, 0.15) is 0 Å². The molecule has 3 nitrogen and oxygen atoms in total. The highest BCUT2D eigenvalue weighted by molar-refractivity contribution is 7.88. The second kappa shape index (κ2) is 3.20. The Hall–Kier alpha value is -0.620. The van der Waals surface area contributed by atoms with Crippen LogP contribution in [0, 0.1) is 0 Å². The lowest BCUT2D eigenvalue weighted by Crippen LogP contribution is -1.92. The van der Waals surface area contributed by atoms with Gasteiger partial charge in [-0.3, -0.25) is 4.55 Å². The van der Waals surface area contributed by atoms with Crippen LogP contribution in [0.25, 0.3) is 10.1 Å². The van der Waals surface area contributed by atoms with Crippen LogP contribution < -0.4 is 0 Å². The van der Waals surface area contributed by atoms with E-state index in [1.807, 2.05) is 0 Å². The first-order chi connectivity index (χ1) is 6.47. The Bertz CT molecular complexity index is 586. The molecule has 0 saturated carbocycles. The van der Waals surface area contributed by atoms with Crippen molar-refractivity contribution >= 4 is 43.1 Å². The lowest BCUT2D eigenvalue weighted by molar-refractivity contribution is 0.485. The van der Waals surface area contributed by atoms with Crippen molar-refractivity contribution in [3.05, 3.63) is 29.3 Å². The Labute approximate surface area is 89.7 Å². The van der Waals surface area contributed by atoms with Gasteiger partial charge in [-0.25, -0.2) is 0 Å². The minimum atomic E-state index is -4.10. The molecule has 2 rings (SSSR count). The number of hydrogen-bond acceptors (Lipinski definition) is 3. The van der Waals surface area contributed by atoms with Gasteiger partial charge < -0.3 is 0 Å². The predicted molar refractivity (Wildman–Crippen MR) is 56.6 cm³/mol. The van der Waals surface area contributed by atoms with E-state index in [0.29, 0.717) is 5.02 Å². The van der Waals surface area contributed by atoms with Gasteiger partial charge in [0.2, 0.25) is 0 Å². The summed E-state index contributed by atoms with van der Waals surface area (Å²) in [6.45, 7) is 0. The van der Waals surface area contributed by atoms with E-state index in [2.05, 4.69) is 0 Å². The van der Waals surface area contributed by atoms with E-state index in [9.17, 15) is 8.42 Å². The molecule has 0 aliphatic heterocycles. The molecule has 0 atom stereocenters. The molecule has 1 aromatic heterocycles. The lowest BCUT2D eigenvalue weighted by atomic mass is 10.3. The predicted octanol–water partition coefficient (Wildman–Crippen LogP) is 2.80. The summed E-state index contributed by atoms with van der Waals surface area (Å²) < 4.78 is 31.1. The molecule has 0 unspecified atom stereocenters. The maximum atomic E-state index is 10.8. The van der Waals surface area contributed by atoms with E-state index in [1.54, 1.807) is 18.2 Å². The normalized spacial score (nSPS) is 12.1. The van der Waals surface area contributed by atoms with Crippen molar-refractivity contribution < 1.29 is 13.0 Å². The van der Waals surface area contributed by atoms with Gasteiger partial charge in [-0.05, 0) is 23.6 Å². The highest BCUT2D eigenvalue weighted by Gasteiger charge is 2.13. The fourth-order valence-electron chi connectivity index (χ4n) is 1.11. The Balaban J connectivity index is 2.75. The van der Waals surface area contributed by atoms with Gasteiger partial charge in [0.1, 0.15) is 4.21 Å². The summed E-state index contributed by atoms with van der Waals surface area (Å²) in [4.78, 5) is 0. The molecule has 0 fully saturated rings. The molecule has 0 radical (unpaired) electrons.